The first-order valence-electron chi connectivity index (χ1n) is 8.01. The maximum absolute atomic E-state index is 11.9. The molecule has 2 aromatic rings. The first-order chi connectivity index (χ1) is 11.6. The van der Waals surface area contributed by atoms with E-state index in [9.17, 15) is 9.59 Å². The van der Waals surface area contributed by atoms with E-state index in [4.69, 9.17) is 5.73 Å². The van der Waals surface area contributed by atoms with Crippen LogP contribution in [0.3, 0.4) is 0 Å². The number of hydrogen-bond acceptors (Lipinski definition) is 3. The minimum absolute atomic E-state index is 0.000656. The predicted molar refractivity (Wildman–Crippen MR) is 95.7 cm³/mol. The maximum atomic E-state index is 11.9. The largest absolute Gasteiger partial charge is 0.399 e. The Kier molecular flexibility index (Phi) is 6.37. The van der Waals surface area contributed by atoms with Crippen LogP contribution in [0.25, 0.3) is 0 Å². The molecule has 0 fully saturated rings. The van der Waals surface area contributed by atoms with Gasteiger partial charge < -0.3 is 16.4 Å². The molecule has 0 aliphatic heterocycles. The van der Waals surface area contributed by atoms with E-state index in [1.165, 1.54) is 0 Å². The van der Waals surface area contributed by atoms with Crippen molar-refractivity contribution >= 4 is 17.5 Å². The van der Waals surface area contributed by atoms with Crippen LogP contribution < -0.4 is 16.4 Å². The lowest BCUT2D eigenvalue weighted by Gasteiger charge is -2.08. The van der Waals surface area contributed by atoms with Crippen molar-refractivity contribution in [1.82, 2.24) is 10.6 Å². The number of amides is 2. The summed E-state index contributed by atoms with van der Waals surface area (Å²) < 4.78 is 0. The minimum atomic E-state index is -0.110. The van der Waals surface area contributed by atoms with Gasteiger partial charge in [-0.15, -0.1) is 0 Å². The number of rotatable bonds is 7. The number of aryl methyl sites for hydroxylation is 1. The van der Waals surface area contributed by atoms with Gasteiger partial charge in [-0.3, -0.25) is 9.59 Å². The van der Waals surface area contributed by atoms with Gasteiger partial charge in [0.05, 0.1) is 0 Å². The molecule has 0 radical (unpaired) electrons. The SMILES string of the molecule is CNC(=O)c1cccc(CCNC(=O)CCc2ccccc2N)c1. The molecule has 2 amide bonds. The van der Waals surface area contributed by atoms with E-state index in [1.54, 1.807) is 13.1 Å². The van der Waals surface area contributed by atoms with Gasteiger partial charge in [-0.2, -0.15) is 0 Å². The number of benzene rings is 2. The van der Waals surface area contributed by atoms with Crippen LogP contribution in [0.5, 0.6) is 0 Å². The zero-order valence-corrected chi connectivity index (χ0v) is 13.8. The monoisotopic (exact) mass is 325 g/mol. The van der Waals surface area contributed by atoms with Crippen LogP contribution in [0.15, 0.2) is 48.5 Å². The molecule has 126 valence electrons. The van der Waals surface area contributed by atoms with Gasteiger partial charge in [-0.05, 0) is 42.2 Å². The standard InChI is InChI=1S/C19H23N3O2/c1-21-19(24)16-7-4-5-14(13-16)11-12-22-18(23)10-9-15-6-2-3-8-17(15)20/h2-8,13H,9-12,20H2,1H3,(H,21,24)(H,22,23). The summed E-state index contributed by atoms with van der Waals surface area (Å²) in [6, 6.07) is 15.0. The smallest absolute Gasteiger partial charge is 0.251 e. The van der Waals surface area contributed by atoms with Crippen molar-refractivity contribution < 1.29 is 9.59 Å². The number of carbonyl (C=O) groups excluding carboxylic acids is 2. The second-order valence-electron chi connectivity index (χ2n) is 5.58. The first kappa shape index (κ1) is 17.5. The Hall–Kier alpha value is -2.82. The van der Waals surface area contributed by atoms with Crippen LogP contribution in [0.2, 0.25) is 0 Å². The van der Waals surface area contributed by atoms with E-state index in [1.807, 2.05) is 42.5 Å². The fourth-order valence-corrected chi connectivity index (χ4v) is 2.46. The second kappa shape index (κ2) is 8.72. The molecule has 0 saturated heterocycles. The Morgan fingerprint density at radius 2 is 1.83 bits per heavy atom. The molecule has 0 aliphatic carbocycles. The highest BCUT2D eigenvalue weighted by Crippen LogP contribution is 2.12. The summed E-state index contributed by atoms with van der Waals surface area (Å²) in [4.78, 5) is 23.5. The van der Waals surface area contributed by atoms with Crippen LogP contribution in [0.4, 0.5) is 5.69 Å². The van der Waals surface area contributed by atoms with Crippen molar-refractivity contribution in [2.24, 2.45) is 0 Å². The number of nitrogen functional groups attached to an aromatic ring is 1. The average molecular weight is 325 g/mol. The molecule has 5 nitrogen and oxygen atoms in total. The Bertz CT molecular complexity index is 713. The number of anilines is 1. The Morgan fingerprint density at radius 3 is 2.58 bits per heavy atom. The summed E-state index contributed by atoms with van der Waals surface area (Å²) in [7, 11) is 1.61. The number of carbonyl (C=O) groups is 2. The fourth-order valence-electron chi connectivity index (χ4n) is 2.46. The van der Waals surface area contributed by atoms with Crippen molar-refractivity contribution in [3.63, 3.8) is 0 Å². The lowest BCUT2D eigenvalue weighted by molar-refractivity contribution is -0.121. The van der Waals surface area contributed by atoms with Gasteiger partial charge in [0.25, 0.3) is 5.91 Å². The highest BCUT2D eigenvalue weighted by molar-refractivity contribution is 5.94. The molecule has 0 spiro atoms. The zero-order chi connectivity index (χ0) is 17.4. The molecule has 0 aromatic heterocycles. The third kappa shape index (κ3) is 5.12. The third-order valence-corrected chi connectivity index (χ3v) is 3.83. The molecule has 0 unspecified atom stereocenters. The zero-order valence-electron chi connectivity index (χ0n) is 13.8. The van der Waals surface area contributed by atoms with Crippen LogP contribution in [-0.2, 0) is 17.6 Å². The summed E-state index contributed by atoms with van der Waals surface area (Å²) in [5.74, 6) is -0.109. The molecular formula is C19H23N3O2. The Morgan fingerprint density at radius 1 is 1.04 bits per heavy atom. The topological polar surface area (TPSA) is 84.2 Å². The highest BCUT2D eigenvalue weighted by Gasteiger charge is 2.06. The minimum Gasteiger partial charge on any atom is -0.399 e. The van der Waals surface area contributed by atoms with E-state index >= 15 is 0 Å². The van der Waals surface area contributed by atoms with Crippen molar-refractivity contribution in [3.8, 4) is 0 Å². The lowest BCUT2D eigenvalue weighted by Crippen LogP contribution is -2.26. The van der Waals surface area contributed by atoms with Crippen molar-refractivity contribution in [2.75, 3.05) is 19.3 Å². The van der Waals surface area contributed by atoms with E-state index in [-0.39, 0.29) is 11.8 Å². The summed E-state index contributed by atoms with van der Waals surface area (Å²) in [6.07, 6.45) is 1.72. The maximum Gasteiger partial charge on any atom is 0.251 e. The number of nitrogens with one attached hydrogen (secondary N) is 2. The van der Waals surface area contributed by atoms with E-state index in [0.717, 1.165) is 16.8 Å². The van der Waals surface area contributed by atoms with Crippen LogP contribution in [0.1, 0.15) is 27.9 Å². The molecule has 24 heavy (non-hydrogen) atoms. The van der Waals surface area contributed by atoms with Crippen LogP contribution in [0, 0.1) is 0 Å². The summed E-state index contributed by atoms with van der Waals surface area (Å²) in [5, 5.41) is 5.50. The van der Waals surface area contributed by atoms with Gasteiger partial charge in [0.2, 0.25) is 5.91 Å². The first-order valence-corrected chi connectivity index (χ1v) is 8.01. The fraction of sp³-hybridized carbons (Fsp3) is 0.263. The molecule has 5 heteroatoms. The molecule has 2 aromatic carbocycles. The van der Waals surface area contributed by atoms with Gasteiger partial charge in [-0.25, -0.2) is 0 Å². The normalized spacial score (nSPS) is 10.2. The number of nitrogens with two attached hydrogens (primary N) is 1. The Labute approximate surface area is 142 Å². The van der Waals surface area contributed by atoms with E-state index in [2.05, 4.69) is 10.6 Å². The molecule has 0 saturated carbocycles. The van der Waals surface area contributed by atoms with Crippen molar-refractivity contribution in [1.29, 1.82) is 0 Å². The molecular weight excluding hydrogens is 302 g/mol. The molecule has 0 aliphatic rings. The van der Waals surface area contributed by atoms with Crippen molar-refractivity contribution in [3.05, 3.63) is 65.2 Å². The molecule has 0 bridgehead atoms. The van der Waals surface area contributed by atoms with Gasteiger partial charge in [0.15, 0.2) is 0 Å². The van der Waals surface area contributed by atoms with Gasteiger partial charge >= 0.3 is 0 Å². The summed E-state index contributed by atoms with van der Waals surface area (Å²) in [6.45, 7) is 0.542. The van der Waals surface area contributed by atoms with Gasteiger partial charge in [0.1, 0.15) is 0 Å². The summed E-state index contributed by atoms with van der Waals surface area (Å²) in [5.41, 5.74) is 9.22. The van der Waals surface area contributed by atoms with Crippen LogP contribution in [-0.4, -0.2) is 25.4 Å². The van der Waals surface area contributed by atoms with Gasteiger partial charge in [-0.1, -0.05) is 30.3 Å². The van der Waals surface area contributed by atoms with E-state index < -0.39 is 0 Å². The van der Waals surface area contributed by atoms with Crippen LogP contribution >= 0.6 is 0 Å². The second-order valence-corrected chi connectivity index (χ2v) is 5.58. The quantitative estimate of drug-likeness (QED) is 0.680. The Balaban J connectivity index is 1.77. The predicted octanol–water partition coefficient (Wildman–Crippen LogP) is 1.92. The average Bonchev–Trinajstić information content (AvgIpc) is 2.60. The number of para-hydroxylation sites is 1. The lowest BCUT2D eigenvalue weighted by atomic mass is 10.1. The van der Waals surface area contributed by atoms with E-state index in [0.29, 0.717) is 31.4 Å². The third-order valence-electron chi connectivity index (χ3n) is 3.83. The molecule has 0 heterocycles. The highest BCUT2D eigenvalue weighted by atomic mass is 16.2. The van der Waals surface area contributed by atoms with Crippen molar-refractivity contribution in [2.45, 2.75) is 19.3 Å². The molecule has 4 N–H and O–H groups in total. The molecule has 2 rings (SSSR count). The molecule has 0 atom stereocenters. The van der Waals surface area contributed by atoms with Gasteiger partial charge in [0, 0.05) is 31.3 Å². The summed E-state index contributed by atoms with van der Waals surface area (Å²) >= 11 is 0. The number of hydrogen-bond donors (Lipinski definition) is 3.